The van der Waals surface area contributed by atoms with Crippen molar-refractivity contribution in [1.29, 1.82) is 0 Å². The minimum atomic E-state index is -0.439. The van der Waals surface area contributed by atoms with Gasteiger partial charge < -0.3 is 15.8 Å². The summed E-state index contributed by atoms with van der Waals surface area (Å²) in [5.74, 6) is 0.0635. The molecular weight excluding hydrogens is 373 g/mol. The number of nitrogens with two attached hydrogens (primary N) is 1. The first-order chi connectivity index (χ1) is 11.6. The molecule has 0 radical (unpaired) electrons. The van der Waals surface area contributed by atoms with E-state index in [4.69, 9.17) is 10.5 Å². The lowest BCUT2D eigenvalue weighted by atomic mass is 9.81. The molecule has 150 valence electrons. The second-order valence-electron chi connectivity index (χ2n) is 6.58. The van der Waals surface area contributed by atoms with Gasteiger partial charge in [-0.1, -0.05) is 38.1 Å². The number of nitrogens with zero attached hydrogens (tertiary/aromatic N) is 1. The molecule has 1 aromatic carbocycles. The predicted octanol–water partition coefficient (Wildman–Crippen LogP) is 2.74. The van der Waals surface area contributed by atoms with Gasteiger partial charge in [-0.3, -0.25) is 9.69 Å². The third kappa shape index (κ3) is 6.71. The highest BCUT2D eigenvalue weighted by atomic mass is 35.5. The van der Waals surface area contributed by atoms with Gasteiger partial charge in [-0.05, 0) is 24.0 Å². The number of carbonyl (C=O) groups excluding carboxylic acids is 1. The van der Waals surface area contributed by atoms with Crippen LogP contribution in [0.25, 0.3) is 0 Å². The van der Waals surface area contributed by atoms with Gasteiger partial charge >= 0.3 is 0 Å². The summed E-state index contributed by atoms with van der Waals surface area (Å²) in [7, 11) is 0. The first-order valence-corrected chi connectivity index (χ1v) is 9.00. The molecule has 7 heteroatoms. The Balaban J connectivity index is 0.00000312. The highest BCUT2D eigenvalue weighted by Crippen LogP contribution is 2.25. The van der Waals surface area contributed by atoms with Gasteiger partial charge in [0.2, 0.25) is 5.91 Å². The molecule has 1 heterocycles. The largest absolute Gasteiger partial charge is 0.379 e. The maximum atomic E-state index is 12.5. The van der Waals surface area contributed by atoms with Gasteiger partial charge in [-0.2, -0.15) is 0 Å². The number of halogens is 2. The van der Waals surface area contributed by atoms with Crippen molar-refractivity contribution in [2.75, 3.05) is 32.8 Å². The van der Waals surface area contributed by atoms with Crippen LogP contribution in [0, 0.1) is 5.41 Å². The van der Waals surface area contributed by atoms with E-state index >= 15 is 0 Å². The molecule has 1 saturated heterocycles. The van der Waals surface area contributed by atoms with Crippen molar-refractivity contribution in [3.8, 4) is 0 Å². The summed E-state index contributed by atoms with van der Waals surface area (Å²) < 4.78 is 5.39. The molecule has 0 bridgehead atoms. The van der Waals surface area contributed by atoms with Crippen molar-refractivity contribution < 1.29 is 9.53 Å². The lowest BCUT2D eigenvalue weighted by molar-refractivity contribution is -0.131. The summed E-state index contributed by atoms with van der Waals surface area (Å²) in [6.07, 6.45) is 1.53. The van der Waals surface area contributed by atoms with Crippen molar-refractivity contribution in [3.63, 3.8) is 0 Å². The molecule has 0 aromatic heterocycles. The zero-order valence-electron chi connectivity index (χ0n) is 15.8. The Morgan fingerprint density at radius 3 is 2.38 bits per heavy atom. The maximum absolute atomic E-state index is 12.5. The summed E-state index contributed by atoms with van der Waals surface area (Å²) in [6.45, 7) is 9.51. The number of carbonyl (C=O) groups is 1. The van der Waals surface area contributed by atoms with Gasteiger partial charge in [0.25, 0.3) is 0 Å². The predicted molar refractivity (Wildman–Crippen MR) is 111 cm³/mol. The Labute approximate surface area is 169 Å². The summed E-state index contributed by atoms with van der Waals surface area (Å²) in [5, 5.41) is 3.07. The minimum absolute atomic E-state index is 0. The molecule has 1 amide bonds. The zero-order chi connectivity index (χ0) is 17.4. The average Bonchev–Trinajstić information content (AvgIpc) is 2.63. The molecular formula is C19H33Cl2N3O2. The van der Waals surface area contributed by atoms with Crippen molar-refractivity contribution in [2.45, 2.75) is 39.8 Å². The summed E-state index contributed by atoms with van der Waals surface area (Å²) in [4.78, 5) is 14.9. The van der Waals surface area contributed by atoms with Crippen LogP contribution in [0.5, 0.6) is 0 Å². The van der Waals surface area contributed by atoms with Crippen LogP contribution in [-0.4, -0.2) is 43.7 Å². The fourth-order valence-corrected chi connectivity index (χ4v) is 3.18. The van der Waals surface area contributed by atoms with E-state index in [1.54, 1.807) is 0 Å². The van der Waals surface area contributed by atoms with E-state index in [1.807, 2.05) is 13.8 Å². The molecule has 0 spiro atoms. The number of morpholine rings is 1. The van der Waals surface area contributed by atoms with Crippen molar-refractivity contribution in [1.82, 2.24) is 10.2 Å². The highest BCUT2D eigenvalue weighted by Gasteiger charge is 2.32. The van der Waals surface area contributed by atoms with Gasteiger partial charge in [0.05, 0.1) is 18.6 Å². The number of rotatable bonds is 8. The van der Waals surface area contributed by atoms with E-state index in [0.717, 1.165) is 51.3 Å². The lowest BCUT2D eigenvalue weighted by Gasteiger charge is -2.28. The molecule has 0 unspecified atom stereocenters. The number of ether oxygens (including phenoxy) is 1. The van der Waals surface area contributed by atoms with E-state index in [0.29, 0.717) is 13.1 Å². The number of benzene rings is 1. The quantitative estimate of drug-likeness (QED) is 0.697. The Morgan fingerprint density at radius 2 is 1.81 bits per heavy atom. The Hall–Kier alpha value is -0.850. The molecule has 1 aliphatic rings. The Bertz CT molecular complexity index is 525. The monoisotopic (exact) mass is 405 g/mol. The maximum Gasteiger partial charge on any atom is 0.227 e. The first-order valence-electron chi connectivity index (χ1n) is 9.00. The van der Waals surface area contributed by atoms with Gasteiger partial charge in [-0.25, -0.2) is 0 Å². The van der Waals surface area contributed by atoms with E-state index in [2.05, 4.69) is 34.5 Å². The standard InChI is InChI=1S/C19H31N3O2.2ClH/c1-3-19(4-2,15-20)18(23)21-13-16-6-5-7-17(12-16)14-22-8-10-24-11-9-22;;/h5-7,12H,3-4,8-11,13-15,20H2,1-2H3,(H,21,23);2*1H. The Kier molecular flexibility index (Phi) is 12.1. The normalized spacial score (nSPS) is 14.9. The molecule has 0 saturated carbocycles. The number of nitrogens with one attached hydrogen (secondary N) is 1. The van der Waals surface area contributed by atoms with Crippen LogP contribution in [0.15, 0.2) is 24.3 Å². The fourth-order valence-electron chi connectivity index (χ4n) is 3.18. The van der Waals surface area contributed by atoms with Crippen LogP contribution >= 0.6 is 24.8 Å². The van der Waals surface area contributed by atoms with E-state index in [9.17, 15) is 4.79 Å². The SMILES string of the molecule is CCC(CC)(CN)C(=O)NCc1cccc(CN2CCOCC2)c1.Cl.Cl. The molecule has 5 nitrogen and oxygen atoms in total. The summed E-state index contributed by atoms with van der Waals surface area (Å²) in [6, 6.07) is 8.44. The topological polar surface area (TPSA) is 67.6 Å². The number of amides is 1. The summed E-state index contributed by atoms with van der Waals surface area (Å²) in [5.41, 5.74) is 7.82. The first kappa shape index (κ1) is 25.1. The van der Waals surface area contributed by atoms with Crippen LogP contribution < -0.4 is 11.1 Å². The smallest absolute Gasteiger partial charge is 0.227 e. The van der Waals surface area contributed by atoms with E-state index in [-0.39, 0.29) is 30.7 Å². The molecule has 2 rings (SSSR count). The second-order valence-corrected chi connectivity index (χ2v) is 6.58. The molecule has 1 fully saturated rings. The third-order valence-electron chi connectivity index (χ3n) is 5.18. The van der Waals surface area contributed by atoms with Crippen LogP contribution in [0.3, 0.4) is 0 Å². The van der Waals surface area contributed by atoms with Gasteiger partial charge in [0.1, 0.15) is 0 Å². The van der Waals surface area contributed by atoms with Crippen LogP contribution in [0.4, 0.5) is 0 Å². The molecule has 1 aromatic rings. The lowest BCUT2D eigenvalue weighted by Crippen LogP contribution is -2.45. The van der Waals surface area contributed by atoms with Crippen molar-refractivity contribution in [3.05, 3.63) is 35.4 Å². The zero-order valence-corrected chi connectivity index (χ0v) is 17.5. The average molecular weight is 406 g/mol. The van der Waals surface area contributed by atoms with Crippen molar-refractivity contribution >= 4 is 30.7 Å². The van der Waals surface area contributed by atoms with E-state index in [1.165, 1.54) is 5.56 Å². The second kappa shape index (κ2) is 12.5. The van der Waals surface area contributed by atoms with Gasteiger partial charge in [0, 0.05) is 32.7 Å². The number of hydrogen-bond donors (Lipinski definition) is 2. The highest BCUT2D eigenvalue weighted by molar-refractivity contribution is 5.85. The Morgan fingerprint density at radius 1 is 1.19 bits per heavy atom. The fraction of sp³-hybridized carbons (Fsp3) is 0.632. The third-order valence-corrected chi connectivity index (χ3v) is 5.18. The molecule has 0 atom stereocenters. The van der Waals surface area contributed by atoms with Crippen LogP contribution in [-0.2, 0) is 22.6 Å². The summed E-state index contributed by atoms with van der Waals surface area (Å²) >= 11 is 0. The molecule has 26 heavy (non-hydrogen) atoms. The molecule has 0 aliphatic carbocycles. The van der Waals surface area contributed by atoms with Crippen LogP contribution in [0.2, 0.25) is 0 Å². The number of hydrogen-bond acceptors (Lipinski definition) is 4. The minimum Gasteiger partial charge on any atom is -0.379 e. The van der Waals surface area contributed by atoms with Gasteiger partial charge in [0.15, 0.2) is 0 Å². The molecule has 3 N–H and O–H groups in total. The van der Waals surface area contributed by atoms with Gasteiger partial charge in [-0.15, -0.1) is 24.8 Å². The molecule has 1 aliphatic heterocycles. The van der Waals surface area contributed by atoms with Crippen molar-refractivity contribution in [2.24, 2.45) is 11.1 Å². The van der Waals surface area contributed by atoms with E-state index < -0.39 is 5.41 Å². The van der Waals surface area contributed by atoms with Crippen LogP contribution in [0.1, 0.15) is 37.8 Å².